The van der Waals surface area contributed by atoms with E-state index in [1.54, 1.807) is 12.3 Å². The summed E-state index contributed by atoms with van der Waals surface area (Å²) in [6.07, 6.45) is 3.76. The van der Waals surface area contributed by atoms with E-state index in [4.69, 9.17) is 9.47 Å². The molecule has 0 atom stereocenters. The fourth-order valence-electron chi connectivity index (χ4n) is 4.26. The van der Waals surface area contributed by atoms with Crippen molar-refractivity contribution in [3.8, 4) is 22.8 Å². The van der Waals surface area contributed by atoms with E-state index < -0.39 is 11.6 Å². The number of halogens is 2. The minimum atomic E-state index is -0.889. The number of pyridine rings is 1. The molecule has 1 amide bonds. The van der Waals surface area contributed by atoms with E-state index in [1.807, 2.05) is 19.1 Å². The molecule has 0 bridgehead atoms. The van der Waals surface area contributed by atoms with Crippen LogP contribution in [-0.4, -0.2) is 41.6 Å². The third-order valence-corrected chi connectivity index (χ3v) is 6.47. The van der Waals surface area contributed by atoms with E-state index in [2.05, 4.69) is 30.9 Å². The molecule has 5 rings (SSSR count). The van der Waals surface area contributed by atoms with Gasteiger partial charge in [0.2, 0.25) is 11.9 Å². The second kappa shape index (κ2) is 10.7. The molecule has 2 aromatic heterocycles. The maximum Gasteiger partial charge on any atom is 0.227 e. The van der Waals surface area contributed by atoms with E-state index in [9.17, 15) is 4.79 Å². The third-order valence-electron chi connectivity index (χ3n) is 6.47. The van der Waals surface area contributed by atoms with Crippen molar-refractivity contribution in [1.82, 2.24) is 15.0 Å². The summed E-state index contributed by atoms with van der Waals surface area (Å²) in [4.78, 5) is 25.4. The van der Waals surface area contributed by atoms with Crippen LogP contribution in [-0.2, 0) is 4.79 Å². The smallest absolute Gasteiger partial charge is 0.227 e. The first-order valence-electron chi connectivity index (χ1n) is 12.4. The highest BCUT2D eigenvalue weighted by Crippen LogP contribution is 2.39. The lowest BCUT2D eigenvalue weighted by Crippen LogP contribution is -2.10. The average molecular weight is 535 g/mol. The Labute approximate surface area is 224 Å². The van der Waals surface area contributed by atoms with Crippen LogP contribution in [0.25, 0.3) is 22.2 Å². The molecule has 3 N–H and O–H groups in total. The molecular weight excluding hydrogens is 506 g/mol. The normalized spacial score (nSPS) is 12.8. The Morgan fingerprint density at radius 1 is 1.08 bits per heavy atom. The number of benzene rings is 2. The van der Waals surface area contributed by atoms with Crippen LogP contribution in [0.1, 0.15) is 25.3 Å². The maximum absolute atomic E-state index is 15.3. The van der Waals surface area contributed by atoms with Crippen molar-refractivity contribution in [2.75, 3.05) is 36.7 Å². The van der Waals surface area contributed by atoms with E-state index in [-0.39, 0.29) is 34.6 Å². The molecule has 202 valence electrons. The van der Waals surface area contributed by atoms with Gasteiger partial charge in [-0.05, 0) is 43.4 Å². The van der Waals surface area contributed by atoms with Gasteiger partial charge >= 0.3 is 0 Å². The molecule has 0 aliphatic heterocycles. The molecular formula is C28H28F2N6O3. The lowest BCUT2D eigenvalue weighted by molar-refractivity contribution is -0.114. The van der Waals surface area contributed by atoms with E-state index in [0.29, 0.717) is 40.6 Å². The summed E-state index contributed by atoms with van der Waals surface area (Å²) in [5.74, 6) is -1.17. The largest absolute Gasteiger partial charge is 0.494 e. The van der Waals surface area contributed by atoms with Crippen LogP contribution in [0.15, 0.2) is 36.5 Å². The summed E-state index contributed by atoms with van der Waals surface area (Å²) < 4.78 is 40.8. The van der Waals surface area contributed by atoms with Crippen molar-refractivity contribution in [2.24, 2.45) is 5.92 Å². The van der Waals surface area contributed by atoms with Gasteiger partial charge < -0.3 is 25.4 Å². The number of nitrogens with one attached hydrogen (secondary N) is 3. The second-order valence-corrected chi connectivity index (χ2v) is 9.40. The fraction of sp³-hybridized carbons (Fsp3) is 0.286. The molecule has 2 aromatic carbocycles. The maximum atomic E-state index is 15.3. The molecule has 2 heterocycles. The first kappa shape index (κ1) is 26.1. The van der Waals surface area contributed by atoms with Crippen molar-refractivity contribution in [3.63, 3.8) is 0 Å². The molecule has 0 saturated heterocycles. The molecule has 1 aliphatic carbocycles. The number of hydrogen-bond acceptors (Lipinski definition) is 8. The summed E-state index contributed by atoms with van der Waals surface area (Å²) >= 11 is 0. The Balaban J connectivity index is 1.62. The van der Waals surface area contributed by atoms with Gasteiger partial charge in [0.05, 0.1) is 36.9 Å². The Bertz CT molecular complexity index is 1550. The fourth-order valence-corrected chi connectivity index (χ4v) is 4.26. The average Bonchev–Trinajstić information content (AvgIpc) is 3.74. The van der Waals surface area contributed by atoms with Crippen molar-refractivity contribution in [2.45, 2.75) is 26.7 Å². The van der Waals surface area contributed by atoms with Crippen LogP contribution < -0.4 is 25.4 Å². The zero-order chi connectivity index (χ0) is 27.7. The number of hydrogen-bond donors (Lipinski definition) is 3. The lowest BCUT2D eigenvalue weighted by Gasteiger charge is -2.16. The number of carbonyl (C=O) groups excluding carboxylic acids is 1. The molecule has 1 aliphatic rings. The van der Waals surface area contributed by atoms with Gasteiger partial charge in [-0.2, -0.15) is 0 Å². The molecule has 0 unspecified atom stereocenters. The molecule has 39 heavy (non-hydrogen) atoms. The monoisotopic (exact) mass is 534 g/mol. The summed E-state index contributed by atoms with van der Waals surface area (Å²) in [5, 5.41) is 9.82. The minimum Gasteiger partial charge on any atom is -0.494 e. The van der Waals surface area contributed by atoms with E-state index >= 15 is 8.78 Å². The number of methoxy groups -OCH3 is 2. The first-order chi connectivity index (χ1) is 18.8. The topological polar surface area (TPSA) is 110 Å². The van der Waals surface area contributed by atoms with Gasteiger partial charge in [0, 0.05) is 31.1 Å². The number of fused-ring (bicyclic) bond motifs is 1. The number of anilines is 4. The minimum absolute atomic E-state index is 0.0455. The predicted molar refractivity (Wildman–Crippen MR) is 146 cm³/mol. The highest BCUT2D eigenvalue weighted by atomic mass is 19.1. The molecule has 1 saturated carbocycles. The molecule has 11 heteroatoms. The molecule has 0 radical (unpaired) electrons. The number of carbonyl (C=O) groups is 1. The molecule has 4 aromatic rings. The van der Waals surface area contributed by atoms with Crippen molar-refractivity contribution in [1.29, 1.82) is 0 Å². The van der Waals surface area contributed by atoms with E-state index in [1.165, 1.54) is 27.2 Å². The van der Waals surface area contributed by atoms with Crippen LogP contribution in [0.3, 0.4) is 0 Å². The zero-order valence-corrected chi connectivity index (χ0v) is 22.0. The highest BCUT2D eigenvalue weighted by Gasteiger charge is 2.25. The second-order valence-electron chi connectivity index (χ2n) is 9.40. The first-order valence-corrected chi connectivity index (χ1v) is 12.4. The summed E-state index contributed by atoms with van der Waals surface area (Å²) in [6.45, 7) is 3.98. The van der Waals surface area contributed by atoms with Crippen LogP contribution in [0.2, 0.25) is 0 Å². The van der Waals surface area contributed by atoms with Crippen LogP contribution >= 0.6 is 0 Å². The Hall–Kier alpha value is -4.54. The summed E-state index contributed by atoms with van der Waals surface area (Å²) in [5.41, 5.74) is 2.26. The van der Waals surface area contributed by atoms with Gasteiger partial charge in [0.25, 0.3) is 0 Å². The molecule has 0 spiro atoms. The number of aryl methyl sites for hydroxylation is 1. The zero-order valence-electron chi connectivity index (χ0n) is 22.0. The SMILES string of the molecule is COc1cc(OC)c(F)c(-c2cc3cnc(Nc4c(C)cccc4NC(C)=O)nc3c(NCC3CC3)n2)c1F. The van der Waals surface area contributed by atoms with Gasteiger partial charge in [-0.1, -0.05) is 12.1 Å². The van der Waals surface area contributed by atoms with Crippen molar-refractivity contribution >= 4 is 40.0 Å². The number of nitrogens with zero attached hydrogens (tertiary/aromatic N) is 3. The Kier molecular flexibility index (Phi) is 7.14. The molecule has 1 fully saturated rings. The Morgan fingerprint density at radius 3 is 2.44 bits per heavy atom. The number of para-hydroxylation sites is 1. The number of ether oxygens (including phenoxy) is 2. The third kappa shape index (κ3) is 5.38. The standard InChI is InChI=1S/C28H28F2N6O3/c1-14-6-5-7-18(33-15(2)37)25(14)35-28-32-13-17-10-19(34-27(26(17)36-28)31-12-16-8-9-16)22-23(29)20(38-3)11-21(39-4)24(22)30/h5-7,10-11,13,16H,8-9,12H2,1-4H3,(H,31,34)(H,33,37)(H,32,35,36). The predicted octanol–water partition coefficient (Wildman–Crippen LogP) is 5.82. The van der Waals surface area contributed by atoms with Gasteiger partial charge in [-0.3, -0.25) is 4.79 Å². The number of rotatable bonds is 9. The number of amides is 1. The van der Waals surface area contributed by atoms with Gasteiger partial charge in [0.15, 0.2) is 29.0 Å². The van der Waals surface area contributed by atoms with E-state index in [0.717, 1.165) is 24.5 Å². The summed E-state index contributed by atoms with van der Waals surface area (Å²) in [6, 6.07) is 8.20. The van der Waals surface area contributed by atoms with Crippen LogP contribution in [0, 0.1) is 24.5 Å². The van der Waals surface area contributed by atoms with Crippen LogP contribution in [0.4, 0.5) is 31.9 Å². The van der Waals surface area contributed by atoms with Crippen LogP contribution in [0.5, 0.6) is 11.5 Å². The summed E-state index contributed by atoms with van der Waals surface area (Å²) in [7, 11) is 2.59. The Morgan fingerprint density at radius 2 is 1.79 bits per heavy atom. The van der Waals surface area contributed by atoms with Crippen molar-refractivity contribution in [3.05, 3.63) is 53.7 Å². The highest BCUT2D eigenvalue weighted by molar-refractivity contribution is 5.95. The quantitative estimate of drug-likeness (QED) is 0.246. The van der Waals surface area contributed by atoms with Crippen molar-refractivity contribution < 1.29 is 23.0 Å². The number of aromatic nitrogens is 3. The van der Waals surface area contributed by atoms with Gasteiger partial charge in [-0.25, -0.2) is 23.7 Å². The van der Waals surface area contributed by atoms with Gasteiger partial charge in [-0.15, -0.1) is 0 Å². The molecule has 9 nitrogen and oxygen atoms in total. The van der Waals surface area contributed by atoms with Gasteiger partial charge in [0.1, 0.15) is 5.52 Å². The lowest BCUT2D eigenvalue weighted by atomic mass is 10.1.